The maximum absolute atomic E-state index is 11.4. The van der Waals surface area contributed by atoms with Crippen molar-refractivity contribution in [3.05, 3.63) is 0 Å². The van der Waals surface area contributed by atoms with Crippen LogP contribution in [-0.4, -0.2) is 40.2 Å². The van der Waals surface area contributed by atoms with Crippen molar-refractivity contribution in [2.24, 2.45) is 11.7 Å². The Morgan fingerprint density at radius 2 is 2.00 bits per heavy atom. The summed E-state index contributed by atoms with van der Waals surface area (Å²) in [6, 6.07) is 0. The molecule has 1 amide bonds. The summed E-state index contributed by atoms with van der Waals surface area (Å²) in [7, 11) is -1.88. The van der Waals surface area contributed by atoms with Crippen molar-refractivity contribution in [3.63, 3.8) is 0 Å². The van der Waals surface area contributed by atoms with Crippen LogP contribution in [0.25, 0.3) is 0 Å². The van der Waals surface area contributed by atoms with Gasteiger partial charge < -0.3 is 11.1 Å². The number of sulfonamides is 1. The van der Waals surface area contributed by atoms with Gasteiger partial charge in [-0.1, -0.05) is 6.92 Å². The fraction of sp³-hybridized carbons (Fsp3) is 0.900. The number of nitrogens with two attached hydrogens (primary N) is 1. The third kappa shape index (κ3) is 9.08. The Hall–Kier alpha value is -0.660. The minimum Gasteiger partial charge on any atom is -0.355 e. The molecule has 1 unspecified atom stereocenters. The Bertz CT molecular complexity index is 317. The zero-order valence-corrected chi connectivity index (χ0v) is 11.3. The van der Waals surface area contributed by atoms with Crippen LogP contribution in [0.15, 0.2) is 0 Å². The maximum atomic E-state index is 11.4. The number of carbonyl (C=O) groups is 1. The Morgan fingerprint density at radius 3 is 2.53 bits per heavy atom. The van der Waals surface area contributed by atoms with E-state index in [1.165, 1.54) is 7.05 Å². The standard InChI is InChI=1S/C10H23N3O3S/c1-9(5-6-11)3-4-10(14)13-7-8-17(15,16)12-2/h9,12H,3-8,11H2,1-2H3,(H,13,14). The molecule has 0 saturated heterocycles. The fourth-order valence-corrected chi connectivity index (χ4v) is 1.90. The van der Waals surface area contributed by atoms with Gasteiger partial charge in [0.05, 0.1) is 5.75 Å². The first-order valence-corrected chi connectivity index (χ1v) is 7.44. The predicted molar refractivity (Wildman–Crippen MR) is 67.9 cm³/mol. The van der Waals surface area contributed by atoms with Crippen molar-refractivity contribution < 1.29 is 13.2 Å². The van der Waals surface area contributed by atoms with Gasteiger partial charge >= 0.3 is 0 Å². The second-order valence-corrected chi connectivity index (χ2v) is 6.14. The fourth-order valence-electron chi connectivity index (χ4n) is 1.32. The van der Waals surface area contributed by atoms with E-state index in [4.69, 9.17) is 5.73 Å². The van der Waals surface area contributed by atoms with Crippen LogP contribution in [0.1, 0.15) is 26.2 Å². The average Bonchev–Trinajstić information content (AvgIpc) is 2.26. The van der Waals surface area contributed by atoms with Crippen LogP contribution in [0, 0.1) is 5.92 Å². The van der Waals surface area contributed by atoms with Crippen LogP contribution in [0.4, 0.5) is 0 Å². The summed E-state index contributed by atoms with van der Waals surface area (Å²) in [5, 5.41) is 2.58. The van der Waals surface area contributed by atoms with Crippen LogP contribution in [0.3, 0.4) is 0 Å². The molecule has 0 bridgehead atoms. The topological polar surface area (TPSA) is 101 Å². The zero-order chi connectivity index (χ0) is 13.3. The lowest BCUT2D eigenvalue weighted by molar-refractivity contribution is -0.121. The van der Waals surface area contributed by atoms with E-state index in [0.29, 0.717) is 18.9 Å². The SMILES string of the molecule is CNS(=O)(=O)CCNC(=O)CCC(C)CCN. The molecule has 0 aliphatic heterocycles. The Labute approximate surface area is 103 Å². The summed E-state index contributed by atoms with van der Waals surface area (Å²) < 4.78 is 24.3. The van der Waals surface area contributed by atoms with E-state index in [-0.39, 0.29) is 18.2 Å². The average molecular weight is 265 g/mol. The normalized spacial score (nSPS) is 13.4. The van der Waals surface area contributed by atoms with Gasteiger partial charge in [0.2, 0.25) is 15.9 Å². The highest BCUT2D eigenvalue weighted by Crippen LogP contribution is 2.08. The molecular formula is C10H23N3O3S. The van der Waals surface area contributed by atoms with E-state index in [0.717, 1.165) is 12.8 Å². The van der Waals surface area contributed by atoms with Crippen molar-refractivity contribution in [2.75, 3.05) is 25.9 Å². The molecule has 6 nitrogen and oxygen atoms in total. The molecule has 4 N–H and O–H groups in total. The molecule has 0 radical (unpaired) electrons. The van der Waals surface area contributed by atoms with E-state index in [2.05, 4.69) is 10.0 Å². The number of hydrogen-bond donors (Lipinski definition) is 3. The number of amides is 1. The van der Waals surface area contributed by atoms with Crippen LogP contribution < -0.4 is 15.8 Å². The molecule has 0 rings (SSSR count). The van der Waals surface area contributed by atoms with E-state index >= 15 is 0 Å². The van der Waals surface area contributed by atoms with Gasteiger partial charge in [-0.25, -0.2) is 13.1 Å². The number of nitrogens with one attached hydrogen (secondary N) is 2. The van der Waals surface area contributed by atoms with Gasteiger partial charge in [-0.15, -0.1) is 0 Å². The first-order chi connectivity index (χ1) is 7.91. The summed E-state index contributed by atoms with van der Waals surface area (Å²) in [5.74, 6) is 0.222. The highest BCUT2D eigenvalue weighted by atomic mass is 32.2. The molecule has 102 valence electrons. The van der Waals surface area contributed by atoms with E-state index < -0.39 is 10.0 Å². The number of hydrogen-bond acceptors (Lipinski definition) is 4. The van der Waals surface area contributed by atoms with Crippen molar-refractivity contribution >= 4 is 15.9 Å². The first kappa shape index (κ1) is 16.3. The predicted octanol–water partition coefficient (Wildman–Crippen LogP) is -0.583. The van der Waals surface area contributed by atoms with Crippen LogP contribution in [0.5, 0.6) is 0 Å². The lowest BCUT2D eigenvalue weighted by Crippen LogP contribution is -2.33. The Balaban J connectivity index is 3.67. The third-order valence-corrected chi connectivity index (χ3v) is 3.89. The van der Waals surface area contributed by atoms with Gasteiger partial charge in [-0.05, 0) is 32.4 Å². The van der Waals surface area contributed by atoms with Gasteiger partial charge in [0.25, 0.3) is 0 Å². The Kier molecular flexibility index (Phi) is 8.11. The van der Waals surface area contributed by atoms with Crippen molar-refractivity contribution in [3.8, 4) is 0 Å². The maximum Gasteiger partial charge on any atom is 0.220 e. The largest absolute Gasteiger partial charge is 0.355 e. The second-order valence-electron chi connectivity index (χ2n) is 4.09. The molecule has 1 atom stereocenters. The zero-order valence-electron chi connectivity index (χ0n) is 10.5. The summed E-state index contributed by atoms with van der Waals surface area (Å²) in [6.45, 7) is 2.82. The lowest BCUT2D eigenvalue weighted by atomic mass is 10.0. The monoisotopic (exact) mass is 265 g/mol. The van der Waals surface area contributed by atoms with Crippen molar-refractivity contribution in [2.45, 2.75) is 26.2 Å². The third-order valence-electron chi connectivity index (χ3n) is 2.53. The quantitative estimate of drug-likeness (QED) is 0.519. The van der Waals surface area contributed by atoms with E-state index in [9.17, 15) is 13.2 Å². The minimum atomic E-state index is -3.24. The van der Waals surface area contributed by atoms with Crippen molar-refractivity contribution in [1.29, 1.82) is 0 Å². The second kappa shape index (κ2) is 8.43. The summed E-state index contributed by atoms with van der Waals surface area (Å²) in [6.07, 6.45) is 2.10. The van der Waals surface area contributed by atoms with E-state index in [1.54, 1.807) is 0 Å². The van der Waals surface area contributed by atoms with Gasteiger partial charge in [0.1, 0.15) is 0 Å². The molecule has 0 aliphatic carbocycles. The van der Waals surface area contributed by atoms with Crippen molar-refractivity contribution in [1.82, 2.24) is 10.0 Å². The highest BCUT2D eigenvalue weighted by Gasteiger charge is 2.09. The molecule has 0 spiro atoms. The smallest absolute Gasteiger partial charge is 0.220 e. The van der Waals surface area contributed by atoms with Crippen LogP contribution in [0.2, 0.25) is 0 Å². The number of rotatable bonds is 9. The lowest BCUT2D eigenvalue weighted by Gasteiger charge is -2.09. The summed E-state index contributed by atoms with van der Waals surface area (Å²) >= 11 is 0. The Morgan fingerprint density at radius 1 is 1.35 bits per heavy atom. The highest BCUT2D eigenvalue weighted by molar-refractivity contribution is 7.89. The summed E-state index contributed by atoms with van der Waals surface area (Å²) in [4.78, 5) is 11.4. The molecule has 0 fully saturated rings. The molecule has 0 aromatic heterocycles. The minimum absolute atomic E-state index is 0.0897. The van der Waals surface area contributed by atoms with Gasteiger partial charge in [0.15, 0.2) is 0 Å². The summed E-state index contributed by atoms with van der Waals surface area (Å²) in [5.41, 5.74) is 5.41. The van der Waals surface area contributed by atoms with Gasteiger partial charge in [0, 0.05) is 13.0 Å². The molecule has 0 aliphatic rings. The van der Waals surface area contributed by atoms with Gasteiger partial charge in [-0.2, -0.15) is 0 Å². The van der Waals surface area contributed by atoms with E-state index in [1.807, 2.05) is 6.92 Å². The van der Waals surface area contributed by atoms with Crippen LogP contribution in [-0.2, 0) is 14.8 Å². The van der Waals surface area contributed by atoms with Gasteiger partial charge in [-0.3, -0.25) is 4.79 Å². The van der Waals surface area contributed by atoms with Crippen LogP contribution >= 0.6 is 0 Å². The number of carbonyl (C=O) groups excluding carboxylic acids is 1. The molecule has 0 aromatic carbocycles. The molecule has 17 heavy (non-hydrogen) atoms. The molecule has 0 aromatic rings. The molecular weight excluding hydrogens is 242 g/mol. The molecule has 7 heteroatoms. The molecule has 0 saturated carbocycles. The molecule has 0 heterocycles. The first-order valence-electron chi connectivity index (χ1n) is 5.79.